The van der Waals surface area contributed by atoms with Crippen LogP contribution in [0, 0.1) is 6.92 Å². The Morgan fingerprint density at radius 2 is 2.24 bits per heavy atom. The number of ether oxygens (including phenoxy) is 1. The molecule has 0 saturated carbocycles. The van der Waals surface area contributed by atoms with Crippen LogP contribution in [-0.4, -0.2) is 17.1 Å². The maximum atomic E-state index is 5.54. The van der Waals surface area contributed by atoms with Gasteiger partial charge in [0.2, 0.25) is 5.95 Å². The third kappa shape index (κ3) is 4.95. The van der Waals surface area contributed by atoms with Crippen molar-refractivity contribution < 1.29 is 4.74 Å². The second kappa shape index (κ2) is 9.05. The molecule has 0 saturated heterocycles. The van der Waals surface area contributed by atoms with Gasteiger partial charge in [0.15, 0.2) is 0 Å². The summed E-state index contributed by atoms with van der Waals surface area (Å²) in [6.45, 7) is 9.61. The van der Waals surface area contributed by atoms with E-state index < -0.39 is 0 Å². The molecule has 5 nitrogen and oxygen atoms in total. The number of aromatic nitrogens is 2. The number of nitrogens with two attached hydrogens (primary N) is 1. The molecule has 0 bridgehead atoms. The molecule has 2 aromatic rings. The largest absolute Gasteiger partial charge is 0.497 e. The van der Waals surface area contributed by atoms with Crippen LogP contribution in [0.3, 0.4) is 0 Å². The molecule has 1 heterocycles. The molecule has 1 aromatic carbocycles. The number of benzene rings is 1. The van der Waals surface area contributed by atoms with Gasteiger partial charge in [-0.15, -0.1) is 0 Å². The molecule has 0 aliphatic carbocycles. The molecule has 25 heavy (non-hydrogen) atoms. The first-order chi connectivity index (χ1) is 12.1. The van der Waals surface area contributed by atoms with Gasteiger partial charge in [-0.2, -0.15) is 0 Å². The third-order valence-electron chi connectivity index (χ3n) is 3.49. The van der Waals surface area contributed by atoms with Crippen molar-refractivity contribution in [3.63, 3.8) is 0 Å². The lowest BCUT2D eigenvalue weighted by Gasteiger charge is -2.13. The van der Waals surface area contributed by atoms with Gasteiger partial charge in [-0.25, -0.2) is 9.97 Å². The van der Waals surface area contributed by atoms with E-state index in [0.29, 0.717) is 11.7 Å². The first-order valence-electron chi connectivity index (χ1n) is 7.66. The minimum absolute atomic E-state index is 0.497. The number of aryl methyl sites for hydroxylation is 1. The molecule has 6 heteroatoms. The normalized spacial score (nSPS) is 11.1. The summed E-state index contributed by atoms with van der Waals surface area (Å²) in [5.41, 5.74) is 4.47. The average molecular weight is 354 g/mol. The van der Waals surface area contributed by atoms with Gasteiger partial charge >= 0.3 is 0 Å². The summed E-state index contributed by atoms with van der Waals surface area (Å²) in [7, 11) is 1.58. The smallest absolute Gasteiger partial charge is 0.227 e. The Balaban J connectivity index is 2.35. The lowest BCUT2D eigenvalue weighted by atomic mass is 10.1. The number of hydrogen-bond acceptors (Lipinski definition) is 6. The Bertz CT molecular complexity index is 802. The molecule has 0 radical (unpaired) electrons. The van der Waals surface area contributed by atoms with Crippen LogP contribution < -0.4 is 10.5 Å². The standard InChI is InChI=1S/C19H22N4OS/c1-5-7-17(14(3)24-4)18-13(2)11-21-19(23-18)22-16-9-6-8-15(10-16)12-25-20/h5-11H,1,3,12,20H2,2,4H3,(H,21,22,23)/b17-7+. The van der Waals surface area contributed by atoms with Crippen LogP contribution >= 0.6 is 11.9 Å². The van der Waals surface area contributed by atoms with Crippen LogP contribution in [0.15, 0.2) is 61.5 Å². The second-order valence-electron chi connectivity index (χ2n) is 5.30. The molecular formula is C19H22N4OS. The Kier molecular flexibility index (Phi) is 6.80. The van der Waals surface area contributed by atoms with Crippen molar-refractivity contribution in [2.75, 3.05) is 12.4 Å². The van der Waals surface area contributed by atoms with E-state index in [2.05, 4.69) is 28.4 Å². The molecule has 3 N–H and O–H groups in total. The molecule has 0 amide bonds. The van der Waals surface area contributed by atoms with Crippen LogP contribution in [0.2, 0.25) is 0 Å². The van der Waals surface area contributed by atoms with Crippen LogP contribution in [0.5, 0.6) is 0 Å². The highest BCUT2D eigenvalue weighted by Crippen LogP contribution is 2.25. The molecular weight excluding hydrogens is 332 g/mol. The molecule has 0 aliphatic rings. The van der Waals surface area contributed by atoms with E-state index in [4.69, 9.17) is 9.88 Å². The second-order valence-corrected chi connectivity index (χ2v) is 5.93. The van der Waals surface area contributed by atoms with Crippen molar-refractivity contribution in [2.24, 2.45) is 5.14 Å². The maximum Gasteiger partial charge on any atom is 0.227 e. The number of hydrogen-bond donors (Lipinski definition) is 2. The summed E-state index contributed by atoms with van der Waals surface area (Å²) < 4.78 is 5.27. The first kappa shape index (κ1) is 18.8. The SMILES string of the molecule is C=C/C=C(\C(=C)OC)c1nc(Nc2cccc(CSN)c2)ncc1C. The molecule has 0 fully saturated rings. The predicted octanol–water partition coefficient (Wildman–Crippen LogP) is 4.37. The van der Waals surface area contributed by atoms with E-state index in [1.54, 1.807) is 19.4 Å². The lowest BCUT2D eigenvalue weighted by molar-refractivity contribution is 0.312. The van der Waals surface area contributed by atoms with Crippen molar-refractivity contribution >= 4 is 29.2 Å². The van der Waals surface area contributed by atoms with E-state index in [9.17, 15) is 0 Å². The van der Waals surface area contributed by atoms with E-state index in [1.165, 1.54) is 11.9 Å². The van der Waals surface area contributed by atoms with E-state index in [-0.39, 0.29) is 0 Å². The Labute approximate surface area is 152 Å². The van der Waals surface area contributed by atoms with Crippen LogP contribution in [0.4, 0.5) is 11.6 Å². The van der Waals surface area contributed by atoms with Gasteiger partial charge in [-0.3, -0.25) is 5.14 Å². The lowest BCUT2D eigenvalue weighted by Crippen LogP contribution is -2.04. The van der Waals surface area contributed by atoms with Gasteiger partial charge < -0.3 is 10.1 Å². The summed E-state index contributed by atoms with van der Waals surface area (Å²) in [5, 5.41) is 8.77. The van der Waals surface area contributed by atoms with Crippen LogP contribution in [0.1, 0.15) is 16.8 Å². The summed E-state index contributed by atoms with van der Waals surface area (Å²) in [4.78, 5) is 8.98. The quantitative estimate of drug-likeness (QED) is 0.417. The van der Waals surface area contributed by atoms with Crippen molar-refractivity contribution in [3.8, 4) is 0 Å². The van der Waals surface area contributed by atoms with E-state index in [1.807, 2.05) is 37.3 Å². The molecule has 2 rings (SSSR count). The van der Waals surface area contributed by atoms with Gasteiger partial charge in [0.05, 0.1) is 12.8 Å². The zero-order chi connectivity index (χ0) is 18.2. The minimum atomic E-state index is 0.497. The van der Waals surface area contributed by atoms with Gasteiger partial charge in [-0.05, 0) is 36.3 Å². The van der Waals surface area contributed by atoms with Gasteiger partial charge in [0, 0.05) is 23.2 Å². The number of nitrogens with one attached hydrogen (secondary N) is 1. The van der Waals surface area contributed by atoms with E-state index in [0.717, 1.165) is 33.8 Å². The first-order valence-corrected chi connectivity index (χ1v) is 8.71. The average Bonchev–Trinajstić information content (AvgIpc) is 2.61. The minimum Gasteiger partial charge on any atom is -0.497 e. The fourth-order valence-electron chi connectivity index (χ4n) is 2.27. The molecule has 0 unspecified atom stereocenters. The fourth-order valence-corrected chi connectivity index (χ4v) is 2.64. The predicted molar refractivity (Wildman–Crippen MR) is 106 cm³/mol. The summed E-state index contributed by atoms with van der Waals surface area (Å²) in [5.74, 6) is 1.77. The number of rotatable bonds is 8. The highest BCUT2D eigenvalue weighted by atomic mass is 32.2. The Morgan fingerprint density at radius 3 is 2.92 bits per heavy atom. The Hall–Kier alpha value is -2.57. The highest BCUT2D eigenvalue weighted by Gasteiger charge is 2.12. The van der Waals surface area contributed by atoms with Crippen molar-refractivity contribution in [2.45, 2.75) is 12.7 Å². The van der Waals surface area contributed by atoms with Crippen LogP contribution in [0.25, 0.3) is 5.57 Å². The van der Waals surface area contributed by atoms with Crippen molar-refractivity contribution in [1.29, 1.82) is 0 Å². The highest BCUT2D eigenvalue weighted by molar-refractivity contribution is 7.96. The van der Waals surface area contributed by atoms with Crippen molar-refractivity contribution in [3.05, 3.63) is 78.4 Å². The molecule has 0 aliphatic heterocycles. The molecule has 0 atom stereocenters. The number of nitrogens with zero attached hydrogens (tertiary/aromatic N) is 2. The van der Waals surface area contributed by atoms with Gasteiger partial charge in [-0.1, -0.05) is 43.3 Å². The van der Waals surface area contributed by atoms with Crippen LogP contribution in [-0.2, 0) is 10.5 Å². The number of methoxy groups -OCH3 is 1. The number of anilines is 2. The van der Waals surface area contributed by atoms with Gasteiger partial charge in [0.1, 0.15) is 5.76 Å². The molecule has 0 spiro atoms. The zero-order valence-corrected chi connectivity index (χ0v) is 15.3. The Morgan fingerprint density at radius 1 is 1.44 bits per heavy atom. The molecule has 1 aromatic heterocycles. The monoisotopic (exact) mass is 354 g/mol. The topological polar surface area (TPSA) is 73.1 Å². The van der Waals surface area contributed by atoms with Crippen molar-refractivity contribution in [1.82, 2.24) is 9.97 Å². The number of allylic oxidation sites excluding steroid dienone is 3. The van der Waals surface area contributed by atoms with Gasteiger partial charge in [0.25, 0.3) is 0 Å². The summed E-state index contributed by atoms with van der Waals surface area (Å²) >= 11 is 1.29. The maximum absolute atomic E-state index is 5.54. The molecule has 130 valence electrons. The fraction of sp³-hybridized carbons (Fsp3) is 0.158. The third-order valence-corrected chi connectivity index (χ3v) is 3.99. The summed E-state index contributed by atoms with van der Waals surface area (Å²) in [6, 6.07) is 7.98. The van der Waals surface area contributed by atoms with E-state index >= 15 is 0 Å². The summed E-state index contributed by atoms with van der Waals surface area (Å²) in [6.07, 6.45) is 5.27. The zero-order valence-electron chi connectivity index (χ0n) is 14.5.